The molecule has 0 aromatic carbocycles. The number of nitrogens with one attached hydrogen (secondary N) is 1. The molecule has 12 atom stereocenters. The molecular weight excluding hydrogens is 955 g/mol. The van der Waals surface area contributed by atoms with Crippen molar-refractivity contribution in [3.05, 3.63) is 85.1 Å². The molecule has 75 heavy (non-hydrogen) atoms. The Morgan fingerprint density at radius 1 is 0.493 bits per heavy atom. The molecule has 2 heterocycles. The SMILES string of the molecule is CC/C=C\C/C=C\C/C=C\C/C=C\C/C=C\C/C=C\CCCCC(=O)NC(COC1OC(CO)C(OC2OC(CO)C(O)C(O)C2O)C(O)C1O)C(O)/C=C/CCCCCCCCCCCCCCCCCCCC. The van der Waals surface area contributed by atoms with Crippen molar-refractivity contribution in [3.63, 3.8) is 0 Å². The second-order valence-corrected chi connectivity index (χ2v) is 20.4. The van der Waals surface area contributed by atoms with Crippen LogP contribution in [0.4, 0.5) is 0 Å². The van der Waals surface area contributed by atoms with Crippen molar-refractivity contribution < 1.29 is 64.6 Å². The van der Waals surface area contributed by atoms with E-state index in [2.05, 4.69) is 92.1 Å². The number of hydrogen-bond acceptors (Lipinski definition) is 13. The molecule has 0 aromatic heterocycles. The summed E-state index contributed by atoms with van der Waals surface area (Å²) in [5.74, 6) is -0.284. The first kappa shape index (κ1) is 68.3. The molecule has 2 aliphatic rings. The molecule has 2 fully saturated rings. The second kappa shape index (κ2) is 46.1. The van der Waals surface area contributed by atoms with Crippen LogP contribution in [0.3, 0.4) is 0 Å². The molecule has 0 bridgehead atoms. The van der Waals surface area contributed by atoms with E-state index in [1.54, 1.807) is 6.08 Å². The monoisotopic (exact) mass is 1060 g/mol. The van der Waals surface area contributed by atoms with Gasteiger partial charge in [0.15, 0.2) is 12.6 Å². The highest BCUT2D eigenvalue weighted by Gasteiger charge is 2.51. The van der Waals surface area contributed by atoms with E-state index in [0.29, 0.717) is 6.42 Å². The van der Waals surface area contributed by atoms with E-state index >= 15 is 0 Å². The Balaban J connectivity index is 1.82. The van der Waals surface area contributed by atoms with Gasteiger partial charge in [-0.25, -0.2) is 0 Å². The molecule has 0 aromatic rings. The second-order valence-electron chi connectivity index (χ2n) is 20.4. The third-order valence-corrected chi connectivity index (χ3v) is 13.8. The van der Waals surface area contributed by atoms with E-state index in [9.17, 15) is 45.6 Å². The van der Waals surface area contributed by atoms with E-state index in [1.165, 1.54) is 103 Å². The van der Waals surface area contributed by atoms with Crippen LogP contribution in [-0.4, -0.2) is 140 Å². The molecule has 2 rings (SSSR count). The highest BCUT2D eigenvalue weighted by Crippen LogP contribution is 2.30. The van der Waals surface area contributed by atoms with E-state index in [1.807, 2.05) is 6.08 Å². The summed E-state index contributed by atoms with van der Waals surface area (Å²) in [6.45, 7) is 2.65. The fourth-order valence-corrected chi connectivity index (χ4v) is 9.12. The molecule has 14 heteroatoms. The quantitative estimate of drug-likeness (QED) is 0.0205. The van der Waals surface area contributed by atoms with Crippen molar-refractivity contribution in [2.75, 3.05) is 19.8 Å². The lowest BCUT2D eigenvalue weighted by molar-refractivity contribution is -0.359. The van der Waals surface area contributed by atoms with Gasteiger partial charge in [-0.05, 0) is 70.6 Å². The average molecular weight is 1060 g/mol. The number of hydrogen-bond donors (Lipinski definition) is 9. The normalized spacial score (nSPS) is 25.7. The van der Waals surface area contributed by atoms with Gasteiger partial charge >= 0.3 is 0 Å². The van der Waals surface area contributed by atoms with Crippen LogP contribution >= 0.6 is 0 Å². The average Bonchev–Trinajstić information content (AvgIpc) is 3.41. The minimum absolute atomic E-state index is 0.222. The maximum absolute atomic E-state index is 13.2. The molecule has 1 amide bonds. The van der Waals surface area contributed by atoms with E-state index < -0.39 is 86.8 Å². The third kappa shape index (κ3) is 32.0. The largest absolute Gasteiger partial charge is 0.394 e. The number of aliphatic hydroxyl groups is 8. The van der Waals surface area contributed by atoms with Crippen molar-refractivity contribution >= 4 is 5.91 Å². The molecule has 0 radical (unpaired) electrons. The van der Waals surface area contributed by atoms with Crippen LogP contribution in [0.2, 0.25) is 0 Å². The van der Waals surface area contributed by atoms with Crippen LogP contribution in [0.5, 0.6) is 0 Å². The van der Waals surface area contributed by atoms with Gasteiger partial charge in [-0.3, -0.25) is 4.79 Å². The Kier molecular flexibility index (Phi) is 42.0. The maximum Gasteiger partial charge on any atom is 0.220 e. The molecule has 14 nitrogen and oxygen atoms in total. The van der Waals surface area contributed by atoms with Crippen LogP contribution in [0.15, 0.2) is 85.1 Å². The summed E-state index contributed by atoms with van der Waals surface area (Å²) in [6.07, 6.45) is 44.7. The number of allylic oxidation sites excluding steroid dienone is 13. The molecule has 2 saturated heterocycles. The highest BCUT2D eigenvalue weighted by atomic mass is 16.7. The van der Waals surface area contributed by atoms with Crippen molar-refractivity contribution in [1.82, 2.24) is 5.32 Å². The van der Waals surface area contributed by atoms with E-state index in [0.717, 1.165) is 70.6 Å². The lowest BCUT2D eigenvalue weighted by Gasteiger charge is -2.46. The van der Waals surface area contributed by atoms with Gasteiger partial charge < -0.3 is 65.1 Å². The predicted octanol–water partition coefficient (Wildman–Crippen LogP) is 9.72. The van der Waals surface area contributed by atoms with Crippen LogP contribution < -0.4 is 5.32 Å². The third-order valence-electron chi connectivity index (χ3n) is 13.8. The summed E-state index contributed by atoms with van der Waals surface area (Å²) in [5.41, 5.74) is 0. The van der Waals surface area contributed by atoms with E-state index in [-0.39, 0.29) is 18.9 Å². The summed E-state index contributed by atoms with van der Waals surface area (Å²) in [7, 11) is 0. The van der Waals surface area contributed by atoms with Gasteiger partial charge in [0.05, 0.1) is 32.0 Å². The zero-order chi connectivity index (χ0) is 54.6. The molecular formula is C61H105NO13. The van der Waals surface area contributed by atoms with Crippen LogP contribution in [-0.2, 0) is 23.7 Å². The standard InChI is InChI=1S/C61H105NO13/c1-3-5-7-9-11-13-15-17-19-21-23-25-27-29-31-33-35-37-39-41-43-45-53(66)62-49(50(65)44-42-40-38-36-34-32-30-28-26-24-22-20-18-16-14-12-10-8-6-4-2)48-72-60-58(71)56(69)59(52(47-64)74-60)75-61-57(70)55(68)54(67)51(46-63)73-61/h5,7,11,13,17,19,23,25,29,31,35,37,42,44,49-52,54-61,63-65,67-71H,3-4,6,8-10,12,14-16,18,20-22,24,26-28,30,32-34,36,38-41,43,45-48H2,1-2H3,(H,62,66)/b7-5-,13-11-,19-17-,25-23-,31-29-,37-35-,44-42+. The number of unbranched alkanes of at least 4 members (excludes halogenated alkanes) is 20. The predicted molar refractivity (Wildman–Crippen MR) is 300 cm³/mol. The molecule has 0 spiro atoms. The van der Waals surface area contributed by atoms with Gasteiger partial charge in [0.2, 0.25) is 5.91 Å². The zero-order valence-corrected chi connectivity index (χ0v) is 46.3. The Morgan fingerprint density at radius 3 is 1.41 bits per heavy atom. The fraction of sp³-hybridized carbons (Fsp3) is 0.754. The Labute approximate surface area is 452 Å². The number of aliphatic hydroxyl groups excluding tert-OH is 8. The van der Waals surface area contributed by atoms with Crippen molar-refractivity contribution in [3.8, 4) is 0 Å². The van der Waals surface area contributed by atoms with Gasteiger partial charge in [0.1, 0.15) is 48.8 Å². The Bertz CT molecular complexity index is 1580. The lowest BCUT2D eigenvalue weighted by atomic mass is 9.97. The first-order valence-corrected chi connectivity index (χ1v) is 29.3. The van der Waals surface area contributed by atoms with Gasteiger partial charge in [-0.15, -0.1) is 0 Å². The molecule has 12 unspecified atom stereocenters. The summed E-state index contributed by atoms with van der Waals surface area (Å²) in [4.78, 5) is 13.2. The van der Waals surface area contributed by atoms with E-state index in [4.69, 9.17) is 18.9 Å². The first-order chi connectivity index (χ1) is 36.6. The fourth-order valence-electron chi connectivity index (χ4n) is 9.12. The summed E-state index contributed by atoms with van der Waals surface area (Å²) in [5, 5.41) is 87.1. The maximum atomic E-state index is 13.2. The number of ether oxygens (including phenoxy) is 4. The molecule has 0 saturated carbocycles. The lowest BCUT2D eigenvalue weighted by Crippen LogP contribution is -2.65. The molecule has 432 valence electrons. The van der Waals surface area contributed by atoms with Crippen LogP contribution in [0.1, 0.15) is 200 Å². The number of carbonyl (C=O) groups is 1. The number of rotatable bonds is 45. The minimum Gasteiger partial charge on any atom is -0.394 e. The van der Waals surface area contributed by atoms with Crippen molar-refractivity contribution in [2.45, 2.75) is 274 Å². The van der Waals surface area contributed by atoms with Gasteiger partial charge in [0, 0.05) is 6.42 Å². The Morgan fingerprint density at radius 2 is 0.920 bits per heavy atom. The number of amides is 1. The molecule has 9 N–H and O–H groups in total. The zero-order valence-electron chi connectivity index (χ0n) is 46.3. The molecule has 2 aliphatic heterocycles. The highest BCUT2D eigenvalue weighted by molar-refractivity contribution is 5.76. The van der Waals surface area contributed by atoms with Gasteiger partial charge in [0.25, 0.3) is 0 Å². The van der Waals surface area contributed by atoms with Gasteiger partial charge in [-0.1, -0.05) is 208 Å². The van der Waals surface area contributed by atoms with Crippen LogP contribution in [0, 0.1) is 0 Å². The summed E-state index contributed by atoms with van der Waals surface area (Å²) < 4.78 is 22.7. The summed E-state index contributed by atoms with van der Waals surface area (Å²) >= 11 is 0. The number of carbonyl (C=O) groups excluding carboxylic acids is 1. The van der Waals surface area contributed by atoms with Gasteiger partial charge in [-0.2, -0.15) is 0 Å². The minimum atomic E-state index is -1.80. The summed E-state index contributed by atoms with van der Waals surface area (Å²) in [6, 6.07) is -0.943. The van der Waals surface area contributed by atoms with Crippen molar-refractivity contribution in [1.29, 1.82) is 0 Å². The first-order valence-electron chi connectivity index (χ1n) is 29.3. The topological polar surface area (TPSA) is 228 Å². The molecule has 0 aliphatic carbocycles. The smallest absolute Gasteiger partial charge is 0.220 e. The Hall–Kier alpha value is -2.83. The van der Waals surface area contributed by atoms with Crippen LogP contribution in [0.25, 0.3) is 0 Å². The van der Waals surface area contributed by atoms with Crippen molar-refractivity contribution in [2.24, 2.45) is 0 Å².